The molecule has 0 atom stereocenters. The van der Waals surface area contributed by atoms with Crippen LogP contribution in [0.25, 0.3) is 22.5 Å². The monoisotopic (exact) mass is 387 g/mol. The maximum atomic E-state index is 12.2. The predicted octanol–water partition coefficient (Wildman–Crippen LogP) is 2.35. The molecular weight excluding hydrogens is 366 g/mol. The Morgan fingerprint density at radius 2 is 1.90 bits per heavy atom. The molecule has 1 aliphatic carbocycles. The topological polar surface area (TPSA) is 94.2 Å². The van der Waals surface area contributed by atoms with Gasteiger partial charge in [0.1, 0.15) is 5.82 Å². The van der Waals surface area contributed by atoms with Crippen LogP contribution in [0, 0.1) is 6.92 Å². The van der Waals surface area contributed by atoms with E-state index in [1.165, 1.54) is 5.69 Å². The van der Waals surface area contributed by atoms with Crippen LogP contribution in [-0.4, -0.2) is 47.2 Å². The van der Waals surface area contributed by atoms with Gasteiger partial charge in [0.2, 0.25) is 5.91 Å². The van der Waals surface area contributed by atoms with Crippen molar-refractivity contribution >= 4 is 11.6 Å². The molecule has 1 aliphatic heterocycles. The van der Waals surface area contributed by atoms with Gasteiger partial charge in [0.25, 0.3) is 0 Å². The fourth-order valence-corrected chi connectivity index (χ4v) is 4.03. The van der Waals surface area contributed by atoms with Crippen LogP contribution in [0.2, 0.25) is 0 Å². The van der Waals surface area contributed by atoms with Crippen LogP contribution in [0.15, 0.2) is 36.7 Å². The molecule has 0 unspecified atom stereocenters. The van der Waals surface area contributed by atoms with Crippen LogP contribution in [0.1, 0.15) is 27.3 Å². The number of nitrogens with two attached hydrogens (primary N) is 1. The second-order valence-electron chi connectivity index (χ2n) is 7.38. The number of amides is 1. The molecule has 146 valence electrons. The lowest BCUT2D eigenvalue weighted by atomic mass is 10.0. The SMILES string of the molecule is Cc1ncc(-c2cc(C(N)=O)c3c(n2)-c2ccc(N4CCOCC4)cc2C3)cn1. The van der Waals surface area contributed by atoms with Crippen molar-refractivity contribution in [2.75, 3.05) is 31.2 Å². The van der Waals surface area contributed by atoms with Crippen LogP contribution >= 0.6 is 0 Å². The van der Waals surface area contributed by atoms with E-state index in [4.69, 9.17) is 15.5 Å². The van der Waals surface area contributed by atoms with E-state index in [1.807, 2.05) is 6.92 Å². The molecule has 0 radical (unpaired) electrons. The van der Waals surface area contributed by atoms with Crippen LogP contribution < -0.4 is 10.6 Å². The molecule has 7 heteroatoms. The van der Waals surface area contributed by atoms with E-state index in [2.05, 4.69) is 33.1 Å². The van der Waals surface area contributed by atoms with E-state index < -0.39 is 5.91 Å². The molecule has 2 aliphatic rings. The highest BCUT2D eigenvalue weighted by atomic mass is 16.5. The minimum absolute atomic E-state index is 0.445. The zero-order valence-corrected chi connectivity index (χ0v) is 16.2. The van der Waals surface area contributed by atoms with Crippen molar-refractivity contribution in [3.05, 3.63) is 59.2 Å². The van der Waals surface area contributed by atoms with Gasteiger partial charge >= 0.3 is 0 Å². The second kappa shape index (κ2) is 6.93. The van der Waals surface area contributed by atoms with Gasteiger partial charge < -0.3 is 15.4 Å². The van der Waals surface area contributed by atoms with E-state index in [9.17, 15) is 4.79 Å². The standard InChI is InChI=1S/C22H21N5O2/c1-13-24-11-15(12-25-13)20-10-19(22(23)28)18-9-14-8-16(27-4-6-29-7-5-27)2-3-17(14)21(18)26-20/h2-3,8,10-12H,4-7,9H2,1H3,(H2,23,28). The molecule has 3 aromatic rings. The van der Waals surface area contributed by atoms with Gasteiger partial charge in [-0.25, -0.2) is 15.0 Å². The summed E-state index contributed by atoms with van der Waals surface area (Å²) >= 11 is 0. The average molecular weight is 387 g/mol. The largest absolute Gasteiger partial charge is 0.378 e. The fourth-order valence-electron chi connectivity index (χ4n) is 4.03. The molecule has 3 heterocycles. The summed E-state index contributed by atoms with van der Waals surface area (Å²) in [6, 6.07) is 8.16. The van der Waals surface area contributed by atoms with Crippen molar-refractivity contribution in [1.82, 2.24) is 15.0 Å². The maximum absolute atomic E-state index is 12.2. The molecule has 1 amide bonds. The molecular formula is C22H21N5O2. The number of aromatic nitrogens is 3. The number of morpholine rings is 1. The van der Waals surface area contributed by atoms with Crippen LogP contribution in [0.3, 0.4) is 0 Å². The summed E-state index contributed by atoms with van der Waals surface area (Å²) in [4.78, 5) is 27.9. The van der Waals surface area contributed by atoms with Gasteiger partial charge in [0.15, 0.2) is 0 Å². The highest BCUT2D eigenvalue weighted by Crippen LogP contribution is 2.40. The molecule has 7 nitrogen and oxygen atoms in total. The van der Waals surface area contributed by atoms with E-state index in [0.29, 0.717) is 23.5 Å². The molecule has 2 aromatic heterocycles. The number of hydrogen-bond donors (Lipinski definition) is 1. The van der Waals surface area contributed by atoms with Gasteiger partial charge in [-0.1, -0.05) is 6.07 Å². The second-order valence-corrected chi connectivity index (χ2v) is 7.38. The normalized spacial score (nSPS) is 15.1. The first kappa shape index (κ1) is 17.8. The highest BCUT2D eigenvalue weighted by molar-refractivity contribution is 5.98. The first-order valence-corrected chi connectivity index (χ1v) is 9.69. The number of ether oxygens (including phenoxy) is 1. The molecule has 1 saturated heterocycles. The summed E-state index contributed by atoms with van der Waals surface area (Å²) in [7, 11) is 0. The zero-order chi connectivity index (χ0) is 20.0. The van der Waals surface area contributed by atoms with Crippen molar-refractivity contribution < 1.29 is 9.53 Å². The molecule has 5 rings (SSSR count). The number of pyridine rings is 1. The summed E-state index contributed by atoms with van der Waals surface area (Å²) in [6.07, 6.45) is 4.09. The van der Waals surface area contributed by atoms with Gasteiger partial charge in [-0.2, -0.15) is 0 Å². The number of hydrogen-bond acceptors (Lipinski definition) is 6. The number of fused-ring (bicyclic) bond motifs is 3. The van der Waals surface area contributed by atoms with Crippen LogP contribution in [0.4, 0.5) is 5.69 Å². The Bertz CT molecular complexity index is 1100. The van der Waals surface area contributed by atoms with Gasteiger partial charge in [-0.05, 0) is 36.2 Å². The Kier molecular flexibility index (Phi) is 4.24. The number of aryl methyl sites for hydroxylation is 1. The first-order chi connectivity index (χ1) is 14.1. The number of primary amides is 1. The van der Waals surface area contributed by atoms with E-state index in [1.54, 1.807) is 18.5 Å². The summed E-state index contributed by atoms with van der Waals surface area (Å²) in [5, 5.41) is 0. The van der Waals surface area contributed by atoms with Crippen molar-refractivity contribution in [1.29, 1.82) is 0 Å². The predicted molar refractivity (Wildman–Crippen MR) is 110 cm³/mol. The third-order valence-electron chi connectivity index (χ3n) is 5.55. The molecule has 1 fully saturated rings. The Labute approximate surface area is 168 Å². The molecule has 0 saturated carbocycles. The van der Waals surface area contributed by atoms with Gasteiger partial charge in [-0.15, -0.1) is 0 Å². The molecule has 2 N–H and O–H groups in total. The molecule has 1 aromatic carbocycles. The van der Waals surface area contributed by atoms with Gasteiger partial charge in [-0.3, -0.25) is 4.79 Å². The zero-order valence-electron chi connectivity index (χ0n) is 16.2. The Balaban J connectivity index is 1.60. The van der Waals surface area contributed by atoms with Crippen LogP contribution in [-0.2, 0) is 11.2 Å². The van der Waals surface area contributed by atoms with Crippen LogP contribution in [0.5, 0.6) is 0 Å². The number of benzene rings is 1. The van der Waals surface area contributed by atoms with Crippen molar-refractivity contribution in [3.63, 3.8) is 0 Å². The number of carbonyl (C=O) groups excluding carboxylic acids is 1. The third kappa shape index (κ3) is 3.13. The smallest absolute Gasteiger partial charge is 0.249 e. The minimum atomic E-state index is -0.445. The number of nitrogens with zero attached hydrogens (tertiary/aromatic N) is 4. The first-order valence-electron chi connectivity index (χ1n) is 9.69. The van der Waals surface area contributed by atoms with Gasteiger partial charge in [0.05, 0.1) is 24.6 Å². The average Bonchev–Trinajstić information content (AvgIpc) is 3.12. The minimum Gasteiger partial charge on any atom is -0.378 e. The summed E-state index contributed by atoms with van der Waals surface area (Å²) < 4.78 is 5.46. The van der Waals surface area contributed by atoms with E-state index >= 15 is 0 Å². The quantitative estimate of drug-likeness (QED) is 0.580. The van der Waals surface area contributed by atoms with E-state index in [0.717, 1.165) is 54.3 Å². The highest BCUT2D eigenvalue weighted by Gasteiger charge is 2.27. The summed E-state index contributed by atoms with van der Waals surface area (Å²) in [5.41, 5.74) is 12.7. The Hall–Kier alpha value is -3.32. The lowest BCUT2D eigenvalue weighted by Crippen LogP contribution is -2.36. The lowest BCUT2D eigenvalue weighted by molar-refractivity contribution is 0.0999. The lowest BCUT2D eigenvalue weighted by Gasteiger charge is -2.29. The fraction of sp³-hybridized carbons (Fsp3) is 0.273. The Morgan fingerprint density at radius 3 is 2.62 bits per heavy atom. The van der Waals surface area contributed by atoms with E-state index in [-0.39, 0.29) is 0 Å². The van der Waals surface area contributed by atoms with Crippen molar-refractivity contribution in [2.45, 2.75) is 13.3 Å². The Morgan fingerprint density at radius 1 is 1.14 bits per heavy atom. The number of carbonyl (C=O) groups is 1. The molecule has 29 heavy (non-hydrogen) atoms. The van der Waals surface area contributed by atoms with Gasteiger partial charge in [0, 0.05) is 54.3 Å². The number of rotatable bonds is 3. The van der Waals surface area contributed by atoms with Crippen molar-refractivity contribution in [2.24, 2.45) is 5.73 Å². The number of anilines is 1. The molecule has 0 spiro atoms. The third-order valence-corrected chi connectivity index (χ3v) is 5.55. The molecule has 0 bridgehead atoms. The summed E-state index contributed by atoms with van der Waals surface area (Å²) in [5.74, 6) is 0.241. The van der Waals surface area contributed by atoms with Crippen molar-refractivity contribution in [3.8, 4) is 22.5 Å². The maximum Gasteiger partial charge on any atom is 0.249 e. The summed E-state index contributed by atoms with van der Waals surface area (Å²) in [6.45, 7) is 5.08.